The van der Waals surface area contributed by atoms with Crippen molar-refractivity contribution in [1.82, 2.24) is 0 Å². The SMILES string of the molecule is CCC(C)C(CC)(c1ccc(O)cc1)c1ccc(O)cc1. The molecule has 0 aliphatic heterocycles. The quantitative estimate of drug-likeness (QED) is 0.824. The van der Waals surface area contributed by atoms with E-state index in [1.165, 1.54) is 11.1 Å². The predicted molar refractivity (Wildman–Crippen MR) is 86.7 cm³/mol. The van der Waals surface area contributed by atoms with Crippen LogP contribution in [0.25, 0.3) is 0 Å². The maximum Gasteiger partial charge on any atom is 0.115 e. The van der Waals surface area contributed by atoms with Crippen molar-refractivity contribution in [2.24, 2.45) is 5.92 Å². The average molecular weight is 284 g/mol. The summed E-state index contributed by atoms with van der Waals surface area (Å²) in [6.45, 7) is 6.67. The van der Waals surface area contributed by atoms with E-state index in [-0.39, 0.29) is 5.41 Å². The summed E-state index contributed by atoms with van der Waals surface area (Å²) < 4.78 is 0. The molecule has 2 N–H and O–H groups in total. The van der Waals surface area contributed by atoms with Gasteiger partial charge in [-0.2, -0.15) is 0 Å². The van der Waals surface area contributed by atoms with Gasteiger partial charge in [0.2, 0.25) is 0 Å². The second-order valence-corrected chi connectivity index (χ2v) is 5.73. The van der Waals surface area contributed by atoms with Crippen LogP contribution in [0.4, 0.5) is 0 Å². The Hall–Kier alpha value is -1.96. The minimum atomic E-state index is -0.101. The molecule has 2 rings (SSSR count). The number of hydrogen-bond acceptors (Lipinski definition) is 2. The van der Waals surface area contributed by atoms with Gasteiger partial charge >= 0.3 is 0 Å². The Kier molecular flexibility index (Phi) is 4.56. The molecule has 0 saturated heterocycles. The molecule has 1 unspecified atom stereocenters. The lowest BCUT2D eigenvalue weighted by atomic mass is 9.64. The number of aromatic hydroxyl groups is 2. The maximum atomic E-state index is 9.56. The smallest absolute Gasteiger partial charge is 0.115 e. The number of phenols is 2. The summed E-state index contributed by atoms with van der Waals surface area (Å²) in [6, 6.07) is 15.1. The van der Waals surface area contributed by atoms with Crippen LogP contribution in [0.1, 0.15) is 44.7 Å². The van der Waals surface area contributed by atoms with Gasteiger partial charge in [0.25, 0.3) is 0 Å². The number of phenolic OH excluding ortho intramolecular Hbond substituents is 2. The molecule has 0 aliphatic carbocycles. The Morgan fingerprint density at radius 1 is 0.810 bits per heavy atom. The van der Waals surface area contributed by atoms with Crippen molar-refractivity contribution in [3.8, 4) is 11.5 Å². The summed E-state index contributed by atoms with van der Waals surface area (Å²) in [6.07, 6.45) is 2.03. The first-order chi connectivity index (χ1) is 10.0. The van der Waals surface area contributed by atoms with Crippen molar-refractivity contribution in [1.29, 1.82) is 0 Å². The summed E-state index contributed by atoms with van der Waals surface area (Å²) in [4.78, 5) is 0. The molecule has 0 aliphatic rings. The fourth-order valence-corrected chi connectivity index (χ4v) is 3.36. The first-order valence-corrected chi connectivity index (χ1v) is 7.63. The van der Waals surface area contributed by atoms with Crippen molar-refractivity contribution in [2.75, 3.05) is 0 Å². The van der Waals surface area contributed by atoms with E-state index in [4.69, 9.17) is 0 Å². The van der Waals surface area contributed by atoms with Gasteiger partial charge in [0.15, 0.2) is 0 Å². The van der Waals surface area contributed by atoms with Crippen molar-refractivity contribution in [3.63, 3.8) is 0 Å². The molecule has 21 heavy (non-hydrogen) atoms. The van der Waals surface area contributed by atoms with Gasteiger partial charge in [0.1, 0.15) is 11.5 Å². The summed E-state index contributed by atoms with van der Waals surface area (Å²) in [5.41, 5.74) is 2.32. The molecule has 0 radical (unpaired) electrons. The molecule has 0 amide bonds. The zero-order valence-electron chi connectivity index (χ0n) is 13.0. The van der Waals surface area contributed by atoms with Crippen molar-refractivity contribution in [3.05, 3.63) is 59.7 Å². The molecule has 2 aromatic rings. The Morgan fingerprint density at radius 3 is 1.48 bits per heavy atom. The molecule has 1 atom stereocenters. The van der Waals surface area contributed by atoms with Gasteiger partial charge in [-0.15, -0.1) is 0 Å². The highest BCUT2D eigenvalue weighted by atomic mass is 16.3. The molecule has 2 aromatic carbocycles. The van der Waals surface area contributed by atoms with Gasteiger partial charge in [-0.05, 0) is 47.7 Å². The Balaban J connectivity index is 2.62. The van der Waals surface area contributed by atoms with E-state index in [0.717, 1.165) is 12.8 Å². The topological polar surface area (TPSA) is 40.5 Å². The van der Waals surface area contributed by atoms with Crippen LogP contribution in [0.3, 0.4) is 0 Å². The van der Waals surface area contributed by atoms with Crippen LogP contribution in [0, 0.1) is 5.92 Å². The molecule has 2 nitrogen and oxygen atoms in total. The lowest BCUT2D eigenvalue weighted by molar-refractivity contribution is 0.323. The first kappa shape index (κ1) is 15.4. The van der Waals surface area contributed by atoms with Crippen molar-refractivity contribution in [2.45, 2.75) is 39.0 Å². The third kappa shape index (κ3) is 2.76. The highest BCUT2D eigenvalue weighted by molar-refractivity contribution is 5.43. The molecule has 2 heteroatoms. The summed E-state index contributed by atoms with van der Waals surface area (Å²) >= 11 is 0. The van der Waals surface area contributed by atoms with Crippen LogP contribution in [0.5, 0.6) is 11.5 Å². The summed E-state index contributed by atoms with van der Waals surface area (Å²) in [5, 5.41) is 19.1. The normalized spacial score (nSPS) is 13.1. The molecule has 0 fully saturated rings. The Bertz CT molecular complexity index is 524. The van der Waals surface area contributed by atoms with Gasteiger partial charge < -0.3 is 10.2 Å². The molecule has 0 aromatic heterocycles. The van der Waals surface area contributed by atoms with Crippen LogP contribution in [-0.2, 0) is 5.41 Å². The molecular formula is C19H24O2. The van der Waals surface area contributed by atoms with E-state index in [1.807, 2.05) is 24.3 Å². The van der Waals surface area contributed by atoms with Gasteiger partial charge in [-0.3, -0.25) is 0 Å². The monoisotopic (exact) mass is 284 g/mol. The van der Waals surface area contributed by atoms with Crippen LogP contribution >= 0.6 is 0 Å². The lowest BCUT2D eigenvalue weighted by Gasteiger charge is -2.40. The summed E-state index contributed by atoms with van der Waals surface area (Å²) in [7, 11) is 0. The fourth-order valence-electron chi connectivity index (χ4n) is 3.36. The van der Waals surface area contributed by atoms with Crippen LogP contribution in [0.2, 0.25) is 0 Å². The lowest BCUT2D eigenvalue weighted by Crippen LogP contribution is -2.34. The van der Waals surface area contributed by atoms with E-state index in [0.29, 0.717) is 17.4 Å². The van der Waals surface area contributed by atoms with E-state index >= 15 is 0 Å². The minimum absolute atomic E-state index is 0.101. The van der Waals surface area contributed by atoms with E-state index < -0.39 is 0 Å². The number of hydrogen-bond donors (Lipinski definition) is 2. The zero-order chi connectivity index (χ0) is 15.5. The largest absolute Gasteiger partial charge is 0.508 e. The maximum absolute atomic E-state index is 9.56. The first-order valence-electron chi connectivity index (χ1n) is 7.63. The number of rotatable bonds is 5. The highest BCUT2D eigenvalue weighted by Crippen LogP contribution is 2.44. The second-order valence-electron chi connectivity index (χ2n) is 5.73. The number of benzene rings is 2. The highest BCUT2D eigenvalue weighted by Gasteiger charge is 2.37. The van der Waals surface area contributed by atoms with Crippen molar-refractivity contribution >= 4 is 0 Å². The molecule has 112 valence electrons. The molecule has 0 heterocycles. The standard InChI is InChI=1S/C19H24O2/c1-4-14(3)19(5-2,15-6-10-17(20)11-7-15)16-8-12-18(21)13-9-16/h6-14,20-21H,4-5H2,1-3H3. The Morgan fingerprint density at radius 2 is 1.19 bits per heavy atom. The summed E-state index contributed by atoms with van der Waals surface area (Å²) in [5.74, 6) is 1.04. The van der Waals surface area contributed by atoms with Gasteiger partial charge in [-0.1, -0.05) is 51.5 Å². The van der Waals surface area contributed by atoms with E-state index in [2.05, 4.69) is 20.8 Å². The minimum Gasteiger partial charge on any atom is -0.508 e. The van der Waals surface area contributed by atoms with Gasteiger partial charge in [0, 0.05) is 5.41 Å². The van der Waals surface area contributed by atoms with E-state index in [1.54, 1.807) is 24.3 Å². The zero-order valence-corrected chi connectivity index (χ0v) is 13.0. The predicted octanol–water partition coefficient (Wildman–Crippen LogP) is 4.84. The van der Waals surface area contributed by atoms with Crippen molar-refractivity contribution < 1.29 is 10.2 Å². The molecular weight excluding hydrogens is 260 g/mol. The molecule has 0 bridgehead atoms. The van der Waals surface area contributed by atoms with Gasteiger partial charge in [0.05, 0.1) is 0 Å². The average Bonchev–Trinajstić information content (AvgIpc) is 2.51. The molecule has 0 spiro atoms. The molecule has 0 saturated carbocycles. The Labute approximate surface area is 127 Å². The van der Waals surface area contributed by atoms with Crippen LogP contribution in [0.15, 0.2) is 48.5 Å². The van der Waals surface area contributed by atoms with Gasteiger partial charge in [-0.25, -0.2) is 0 Å². The third-order valence-corrected chi connectivity index (χ3v) is 4.78. The van der Waals surface area contributed by atoms with Crippen LogP contribution in [-0.4, -0.2) is 10.2 Å². The van der Waals surface area contributed by atoms with E-state index in [9.17, 15) is 10.2 Å². The third-order valence-electron chi connectivity index (χ3n) is 4.78. The van der Waals surface area contributed by atoms with Crippen LogP contribution < -0.4 is 0 Å². The second kappa shape index (κ2) is 6.21. The fraction of sp³-hybridized carbons (Fsp3) is 0.368.